The zero-order chi connectivity index (χ0) is 12.6. The molecule has 90 valence electrons. The molecule has 2 rings (SSSR count). The fraction of sp³-hybridized carbons (Fsp3) is 0.385. The third kappa shape index (κ3) is 2.27. The molecule has 17 heavy (non-hydrogen) atoms. The molecule has 0 radical (unpaired) electrons. The lowest BCUT2D eigenvalue weighted by molar-refractivity contribution is -0.125. The van der Waals surface area contributed by atoms with Gasteiger partial charge in [-0.2, -0.15) is 0 Å². The van der Waals surface area contributed by atoms with Gasteiger partial charge in [-0.25, -0.2) is 0 Å². The first-order valence-electron chi connectivity index (χ1n) is 5.59. The van der Waals surface area contributed by atoms with Crippen LogP contribution < -0.4 is 5.32 Å². The molecule has 0 bridgehead atoms. The summed E-state index contributed by atoms with van der Waals surface area (Å²) in [4.78, 5) is 22.6. The average molecular weight is 296 g/mol. The molecular weight excluding hydrogens is 282 g/mol. The van der Waals surface area contributed by atoms with E-state index in [0.29, 0.717) is 5.92 Å². The summed E-state index contributed by atoms with van der Waals surface area (Å²) in [7, 11) is 0. The zero-order valence-electron chi connectivity index (χ0n) is 9.74. The average Bonchev–Trinajstić information content (AvgIpc) is 2.53. The van der Waals surface area contributed by atoms with E-state index in [0.717, 1.165) is 5.56 Å². The van der Waals surface area contributed by atoms with E-state index in [1.165, 1.54) is 5.56 Å². The number of carbonyl (C=O) groups is 2. The Bertz CT molecular complexity index is 453. The van der Waals surface area contributed by atoms with Crippen molar-refractivity contribution in [1.82, 2.24) is 5.32 Å². The standard InChI is InChI=1S/C13H14BrNO2/c1-7(2)8-3-5-9(6-4-8)10-11(14)13(17)15-12(10)16/h3-7,10-11H,1-2H3,(H,15,16,17). The summed E-state index contributed by atoms with van der Waals surface area (Å²) < 4.78 is 0. The summed E-state index contributed by atoms with van der Waals surface area (Å²) in [5, 5.41) is 2.33. The molecule has 1 aromatic rings. The molecule has 1 aromatic carbocycles. The molecule has 2 unspecified atom stereocenters. The van der Waals surface area contributed by atoms with Gasteiger partial charge < -0.3 is 0 Å². The smallest absolute Gasteiger partial charge is 0.241 e. The van der Waals surface area contributed by atoms with E-state index in [1.54, 1.807) is 0 Å². The van der Waals surface area contributed by atoms with Gasteiger partial charge in [0, 0.05) is 0 Å². The van der Waals surface area contributed by atoms with Crippen LogP contribution in [-0.4, -0.2) is 16.6 Å². The van der Waals surface area contributed by atoms with Crippen molar-refractivity contribution in [3.63, 3.8) is 0 Å². The Morgan fingerprint density at radius 1 is 1.12 bits per heavy atom. The molecule has 0 aromatic heterocycles. The Hall–Kier alpha value is -1.16. The maximum absolute atomic E-state index is 11.7. The SMILES string of the molecule is CC(C)c1ccc(C2C(=O)NC(=O)C2Br)cc1. The Balaban J connectivity index is 2.28. The van der Waals surface area contributed by atoms with Gasteiger partial charge in [0.15, 0.2) is 0 Å². The van der Waals surface area contributed by atoms with Gasteiger partial charge in [0.05, 0.1) is 5.92 Å². The van der Waals surface area contributed by atoms with Crippen LogP contribution in [0.1, 0.15) is 36.8 Å². The van der Waals surface area contributed by atoms with E-state index in [-0.39, 0.29) is 11.8 Å². The van der Waals surface area contributed by atoms with Gasteiger partial charge in [0.25, 0.3) is 0 Å². The van der Waals surface area contributed by atoms with E-state index < -0.39 is 10.7 Å². The van der Waals surface area contributed by atoms with Crippen LogP contribution in [0.2, 0.25) is 0 Å². The highest BCUT2D eigenvalue weighted by atomic mass is 79.9. The van der Waals surface area contributed by atoms with Crippen molar-refractivity contribution in [2.75, 3.05) is 0 Å². The third-order valence-electron chi connectivity index (χ3n) is 3.03. The molecule has 1 fully saturated rings. The number of hydrogen-bond acceptors (Lipinski definition) is 2. The number of halogens is 1. The zero-order valence-corrected chi connectivity index (χ0v) is 11.3. The van der Waals surface area contributed by atoms with Gasteiger partial charge in [0.2, 0.25) is 11.8 Å². The predicted molar refractivity (Wildman–Crippen MR) is 69.1 cm³/mol. The Morgan fingerprint density at radius 3 is 2.12 bits per heavy atom. The second-order valence-corrected chi connectivity index (χ2v) is 5.54. The first-order valence-corrected chi connectivity index (χ1v) is 6.51. The summed E-state index contributed by atoms with van der Waals surface area (Å²) in [5.41, 5.74) is 2.10. The lowest BCUT2D eigenvalue weighted by Crippen LogP contribution is -2.22. The molecule has 2 amide bonds. The van der Waals surface area contributed by atoms with Crippen molar-refractivity contribution >= 4 is 27.7 Å². The molecule has 1 saturated heterocycles. The molecule has 2 atom stereocenters. The molecule has 4 heteroatoms. The van der Waals surface area contributed by atoms with Crippen molar-refractivity contribution in [2.24, 2.45) is 0 Å². The monoisotopic (exact) mass is 295 g/mol. The van der Waals surface area contributed by atoms with Gasteiger partial charge in [-0.3, -0.25) is 14.9 Å². The highest BCUT2D eigenvalue weighted by Crippen LogP contribution is 2.30. The van der Waals surface area contributed by atoms with Crippen LogP contribution in [0.4, 0.5) is 0 Å². The molecule has 1 aliphatic rings. The quantitative estimate of drug-likeness (QED) is 0.672. The van der Waals surface area contributed by atoms with E-state index in [9.17, 15) is 9.59 Å². The summed E-state index contributed by atoms with van der Waals surface area (Å²) >= 11 is 3.26. The van der Waals surface area contributed by atoms with Gasteiger partial charge >= 0.3 is 0 Å². The van der Waals surface area contributed by atoms with Crippen LogP contribution >= 0.6 is 15.9 Å². The molecule has 3 nitrogen and oxygen atoms in total. The molecule has 0 spiro atoms. The van der Waals surface area contributed by atoms with Crippen molar-refractivity contribution in [2.45, 2.75) is 30.5 Å². The highest BCUT2D eigenvalue weighted by Gasteiger charge is 2.40. The van der Waals surface area contributed by atoms with Crippen LogP contribution in [0.15, 0.2) is 24.3 Å². The fourth-order valence-electron chi connectivity index (χ4n) is 1.96. The maximum Gasteiger partial charge on any atom is 0.241 e. The lowest BCUT2D eigenvalue weighted by atomic mass is 9.94. The van der Waals surface area contributed by atoms with Crippen LogP contribution in [0, 0.1) is 0 Å². The maximum atomic E-state index is 11.7. The molecule has 0 saturated carbocycles. The van der Waals surface area contributed by atoms with Crippen LogP contribution in [0.3, 0.4) is 0 Å². The number of rotatable bonds is 2. The van der Waals surface area contributed by atoms with E-state index >= 15 is 0 Å². The summed E-state index contributed by atoms with van der Waals surface area (Å²) in [6.07, 6.45) is 0. The van der Waals surface area contributed by atoms with Gasteiger partial charge in [0.1, 0.15) is 4.83 Å². The Kier molecular flexibility index (Phi) is 3.33. The van der Waals surface area contributed by atoms with Crippen LogP contribution in [-0.2, 0) is 9.59 Å². The molecule has 1 N–H and O–H groups in total. The summed E-state index contributed by atoms with van der Waals surface area (Å²) in [5.74, 6) is -0.436. The highest BCUT2D eigenvalue weighted by molar-refractivity contribution is 9.10. The lowest BCUT2D eigenvalue weighted by Gasteiger charge is -2.12. The Labute approximate surface area is 109 Å². The number of imide groups is 1. The van der Waals surface area contributed by atoms with E-state index in [1.807, 2.05) is 24.3 Å². The minimum absolute atomic E-state index is 0.228. The number of carbonyl (C=O) groups excluding carboxylic acids is 2. The number of hydrogen-bond donors (Lipinski definition) is 1. The number of benzene rings is 1. The summed E-state index contributed by atoms with van der Waals surface area (Å²) in [6.45, 7) is 4.24. The second kappa shape index (κ2) is 4.61. The topological polar surface area (TPSA) is 46.2 Å². The second-order valence-electron chi connectivity index (χ2n) is 4.55. The Morgan fingerprint density at radius 2 is 1.71 bits per heavy atom. The normalized spacial score (nSPS) is 24.2. The van der Waals surface area contributed by atoms with Gasteiger partial charge in [-0.1, -0.05) is 54.0 Å². The first kappa shape index (κ1) is 12.3. The minimum atomic E-state index is -0.458. The fourth-order valence-corrected chi connectivity index (χ4v) is 2.62. The van der Waals surface area contributed by atoms with Crippen molar-refractivity contribution in [1.29, 1.82) is 0 Å². The molecule has 1 heterocycles. The van der Waals surface area contributed by atoms with E-state index in [2.05, 4.69) is 35.1 Å². The van der Waals surface area contributed by atoms with Gasteiger partial charge in [-0.05, 0) is 17.0 Å². The minimum Gasteiger partial charge on any atom is -0.295 e. The van der Waals surface area contributed by atoms with Crippen LogP contribution in [0.5, 0.6) is 0 Å². The summed E-state index contributed by atoms with van der Waals surface area (Å²) in [6, 6.07) is 7.87. The number of alkyl halides is 1. The van der Waals surface area contributed by atoms with Gasteiger partial charge in [-0.15, -0.1) is 0 Å². The number of nitrogens with one attached hydrogen (secondary N) is 1. The number of amides is 2. The molecule has 0 aliphatic carbocycles. The van der Waals surface area contributed by atoms with Crippen molar-refractivity contribution in [3.05, 3.63) is 35.4 Å². The van der Waals surface area contributed by atoms with Crippen LogP contribution in [0.25, 0.3) is 0 Å². The predicted octanol–water partition coefficient (Wildman–Crippen LogP) is 2.31. The van der Waals surface area contributed by atoms with E-state index in [4.69, 9.17) is 0 Å². The largest absolute Gasteiger partial charge is 0.295 e. The van der Waals surface area contributed by atoms with Crippen molar-refractivity contribution < 1.29 is 9.59 Å². The first-order chi connectivity index (χ1) is 8.00. The third-order valence-corrected chi connectivity index (χ3v) is 3.98. The van der Waals surface area contributed by atoms with Crippen molar-refractivity contribution in [3.8, 4) is 0 Å². The molecular formula is C13H14BrNO2. The molecule has 1 aliphatic heterocycles.